The first kappa shape index (κ1) is 18.9. The van der Waals surface area contributed by atoms with Crippen molar-refractivity contribution in [1.29, 1.82) is 0 Å². The average molecular weight is 353 g/mol. The van der Waals surface area contributed by atoms with Crippen LogP contribution in [0.1, 0.15) is 50.2 Å². The highest BCUT2D eigenvalue weighted by atomic mass is 32.2. The van der Waals surface area contributed by atoms with Crippen LogP contribution in [0.2, 0.25) is 0 Å². The second kappa shape index (κ2) is 8.12. The molecule has 0 unspecified atom stereocenters. The summed E-state index contributed by atoms with van der Waals surface area (Å²) in [5.41, 5.74) is 1.64. The van der Waals surface area contributed by atoms with Crippen molar-refractivity contribution in [2.45, 2.75) is 63.8 Å². The van der Waals surface area contributed by atoms with Gasteiger partial charge < -0.3 is 4.90 Å². The second-order valence-corrected chi connectivity index (χ2v) is 8.41. The minimum atomic E-state index is -3.55. The summed E-state index contributed by atoms with van der Waals surface area (Å²) in [5.74, 6) is 0.0211. The van der Waals surface area contributed by atoms with Crippen LogP contribution in [0.25, 0.3) is 0 Å². The van der Waals surface area contributed by atoms with Crippen molar-refractivity contribution in [3.63, 3.8) is 0 Å². The fourth-order valence-electron chi connectivity index (χ4n) is 3.36. The number of hydrogen-bond acceptors (Lipinski definition) is 3. The number of rotatable bonds is 6. The highest BCUT2D eigenvalue weighted by Crippen LogP contribution is 2.22. The van der Waals surface area contributed by atoms with Crippen molar-refractivity contribution in [2.75, 3.05) is 13.1 Å². The third kappa shape index (κ3) is 4.80. The summed E-state index contributed by atoms with van der Waals surface area (Å²) in [4.78, 5) is 14.1. The van der Waals surface area contributed by atoms with Crippen LogP contribution in [-0.4, -0.2) is 38.4 Å². The van der Waals surface area contributed by atoms with Gasteiger partial charge in [-0.2, -0.15) is 0 Å². The van der Waals surface area contributed by atoms with E-state index >= 15 is 0 Å². The first-order chi connectivity index (χ1) is 11.3. The molecule has 0 spiro atoms. The summed E-state index contributed by atoms with van der Waals surface area (Å²) in [5, 5.41) is 0. The quantitative estimate of drug-likeness (QED) is 0.856. The van der Waals surface area contributed by atoms with Gasteiger partial charge in [0.15, 0.2) is 0 Å². The van der Waals surface area contributed by atoms with E-state index in [0.717, 1.165) is 36.8 Å². The van der Waals surface area contributed by atoms with Crippen molar-refractivity contribution in [1.82, 2.24) is 9.62 Å². The molecule has 6 heteroatoms. The Morgan fingerprint density at radius 2 is 1.88 bits per heavy atom. The number of nitrogens with one attached hydrogen (secondary N) is 1. The predicted molar refractivity (Wildman–Crippen MR) is 95.4 cm³/mol. The summed E-state index contributed by atoms with van der Waals surface area (Å²) >= 11 is 0. The van der Waals surface area contributed by atoms with Gasteiger partial charge in [0.25, 0.3) is 0 Å². The molecular formula is C18H28N2O3S. The van der Waals surface area contributed by atoms with Gasteiger partial charge >= 0.3 is 0 Å². The van der Waals surface area contributed by atoms with E-state index in [2.05, 4.69) is 4.72 Å². The molecule has 1 aliphatic carbocycles. The Bertz CT molecular complexity index is 680. The van der Waals surface area contributed by atoms with E-state index in [0.29, 0.717) is 11.4 Å². The fourth-order valence-corrected chi connectivity index (χ4v) is 4.71. The van der Waals surface area contributed by atoms with E-state index in [1.165, 1.54) is 6.42 Å². The van der Waals surface area contributed by atoms with Crippen molar-refractivity contribution in [3.8, 4) is 0 Å². The minimum Gasteiger partial charge on any atom is -0.339 e. The van der Waals surface area contributed by atoms with Gasteiger partial charge in [0, 0.05) is 26.1 Å². The second-order valence-electron chi connectivity index (χ2n) is 6.67. The van der Waals surface area contributed by atoms with Crippen molar-refractivity contribution in [2.24, 2.45) is 0 Å². The van der Waals surface area contributed by atoms with Gasteiger partial charge in [0.05, 0.1) is 4.90 Å². The predicted octanol–water partition coefficient (Wildman–Crippen LogP) is 2.76. The van der Waals surface area contributed by atoms with Crippen molar-refractivity contribution < 1.29 is 13.2 Å². The highest BCUT2D eigenvalue weighted by molar-refractivity contribution is 7.89. The third-order valence-electron chi connectivity index (χ3n) is 4.70. The zero-order chi connectivity index (χ0) is 17.7. The van der Waals surface area contributed by atoms with E-state index in [-0.39, 0.29) is 18.5 Å². The van der Waals surface area contributed by atoms with E-state index < -0.39 is 10.0 Å². The Kier molecular flexibility index (Phi) is 6.40. The third-order valence-corrected chi connectivity index (χ3v) is 6.30. The van der Waals surface area contributed by atoms with Gasteiger partial charge in [-0.1, -0.05) is 31.4 Å². The van der Waals surface area contributed by atoms with Gasteiger partial charge in [-0.05, 0) is 43.9 Å². The molecule has 0 atom stereocenters. The standard InChI is InChI=1S/C18H28N2O3S/c1-14-9-10-15(2)18(13-14)24(22,23)19-11-12-20(16(3)21)17-7-5-4-6-8-17/h9-10,13,17,19H,4-8,11-12H2,1-3H3. The zero-order valence-electron chi connectivity index (χ0n) is 14.8. The van der Waals surface area contributed by atoms with E-state index in [1.54, 1.807) is 19.9 Å². The Morgan fingerprint density at radius 1 is 1.21 bits per heavy atom. The molecule has 0 aliphatic heterocycles. The van der Waals surface area contributed by atoms with Crippen LogP contribution >= 0.6 is 0 Å². The Balaban J connectivity index is 2.00. The molecule has 24 heavy (non-hydrogen) atoms. The molecule has 1 fully saturated rings. The minimum absolute atomic E-state index is 0.0211. The fraction of sp³-hybridized carbons (Fsp3) is 0.611. The van der Waals surface area contributed by atoms with Crippen LogP contribution in [0.3, 0.4) is 0 Å². The van der Waals surface area contributed by atoms with Crippen LogP contribution in [0.15, 0.2) is 23.1 Å². The van der Waals surface area contributed by atoms with E-state index in [1.807, 2.05) is 24.0 Å². The SMILES string of the molecule is CC(=O)N(CCNS(=O)(=O)c1cc(C)ccc1C)C1CCCCC1. The molecule has 1 aromatic rings. The first-order valence-electron chi connectivity index (χ1n) is 8.65. The summed E-state index contributed by atoms with van der Waals surface area (Å²) in [6.45, 7) is 5.89. The molecule has 0 heterocycles. The maximum absolute atomic E-state index is 12.5. The van der Waals surface area contributed by atoms with Gasteiger partial charge in [0.1, 0.15) is 0 Å². The summed E-state index contributed by atoms with van der Waals surface area (Å²) in [6, 6.07) is 5.64. The van der Waals surface area contributed by atoms with Crippen molar-refractivity contribution in [3.05, 3.63) is 29.3 Å². The lowest BCUT2D eigenvalue weighted by Gasteiger charge is -2.33. The lowest BCUT2D eigenvalue weighted by molar-refractivity contribution is -0.131. The number of carbonyl (C=O) groups is 1. The molecule has 1 saturated carbocycles. The number of nitrogens with zero attached hydrogens (tertiary/aromatic N) is 1. The topological polar surface area (TPSA) is 66.5 Å². The van der Waals surface area contributed by atoms with Crippen LogP contribution in [0, 0.1) is 13.8 Å². The molecule has 0 radical (unpaired) electrons. The van der Waals surface area contributed by atoms with Gasteiger partial charge in [-0.25, -0.2) is 13.1 Å². The monoisotopic (exact) mass is 352 g/mol. The molecule has 0 aromatic heterocycles. The van der Waals surface area contributed by atoms with Crippen molar-refractivity contribution >= 4 is 15.9 Å². The molecule has 1 amide bonds. The summed E-state index contributed by atoms with van der Waals surface area (Å²) in [6.07, 6.45) is 5.54. The Hall–Kier alpha value is -1.40. The van der Waals surface area contributed by atoms with Crippen LogP contribution < -0.4 is 4.72 Å². The van der Waals surface area contributed by atoms with Crippen LogP contribution in [0.5, 0.6) is 0 Å². The van der Waals surface area contributed by atoms with Crippen LogP contribution in [-0.2, 0) is 14.8 Å². The lowest BCUT2D eigenvalue weighted by atomic mass is 9.94. The van der Waals surface area contributed by atoms with E-state index in [9.17, 15) is 13.2 Å². The number of benzene rings is 1. The molecule has 1 aromatic carbocycles. The summed E-state index contributed by atoms with van der Waals surface area (Å²) in [7, 11) is -3.55. The van der Waals surface area contributed by atoms with Gasteiger partial charge in [-0.15, -0.1) is 0 Å². The molecule has 0 bridgehead atoms. The van der Waals surface area contributed by atoms with E-state index in [4.69, 9.17) is 0 Å². The first-order valence-corrected chi connectivity index (χ1v) is 10.1. The Labute approximate surface area is 145 Å². The highest BCUT2D eigenvalue weighted by Gasteiger charge is 2.24. The molecular weight excluding hydrogens is 324 g/mol. The lowest BCUT2D eigenvalue weighted by Crippen LogP contribution is -2.44. The molecule has 2 rings (SSSR count). The maximum atomic E-state index is 12.5. The zero-order valence-corrected chi connectivity index (χ0v) is 15.7. The van der Waals surface area contributed by atoms with Gasteiger partial charge in [-0.3, -0.25) is 4.79 Å². The molecule has 1 N–H and O–H groups in total. The molecule has 1 aliphatic rings. The molecule has 5 nitrogen and oxygen atoms in total. The van der Waals surface area contributed by atoms with Gasteiger partial charge in [0.2, 0.25) is 15.9 Å². The number of amides is 1. The number of aryl methyl sites for hydroxylation is 2. The van der Waals surface area contributed by atoms with Crippen LogP contribution in [0.4, 0.5) is 0 Å². The number of hydrogen-bond donors (Lipinski definition) is 1. The summed E-state index contributed by atoms with van der Waals surface area (Å²) < 4.78 is 27.7. The smallest absolute Gasteiger partial charge is 0.240 e. The number of carbonyl (C=O) groups excluding carboxylic acids is 1. The molecule has 134 valence electrons. The largest absolute Gasteiger partial charge is 0.339 e. The molecule has 0 saturated heterocycles. The maximum Gasteiger partial charge on any atom is 0.240 e. The number of sulfonamides is 1. The Morgan fingerprint density at radius 3 is 2.50 bits per heavy atom. The normalized spacial score (nSPS) is 16.1. The average Bonchev–Trinajstić information content (AvgIpc) is 2.54.